The molecule has 1 atom stereocenters. The van der Waals surface area contributed by atoms with Gasteiger partial charge in [-0.15, -0.1) is 5.10 Å². The Balaban J connectivity index is 1.74. The molecule has 1 amide bonds. The monoisotopic (exact) mass is 258 g/mol. The van der Waals surface area contributed by atoms with Crippen molar-refractivity contribution in [1.29, 1.82) is 0 Å². The van der Waals surface area contributed by atoms with E-state index in [2.05, 4.69) is 20.5 Å². The molecule has 3 rings (SSSR count). The number of para-hydroxylation sites is 1. The second-order valence-corrected chi connectivity index (χ2v) is 4.33. The van der Waals surface area contributed by atoms with E-state index < -0.39 is 0 Å². The molecule has 6 nitrogen and oxygen atoms in total. The first-order valence-electron chi connectivity index (χ1n) is 6.21. The Bertz CT molecular complexity index is 608. The van der Waals surface area contributed by atoms with E-state index in [4.69, 9.17) is 4.74 Å². The molecule has 19 heavy (non-hydrogen) atoms. The lowest BCUT2D eigenvalue weighted by molar-refractivity contribution is 0.0920. The molecule has 0 spiro atoms. The Kier molecular flexibility index (Phi) is 2.91. The van der Waals surface area contributed by atoms with E-state index in [1.54, 1.807) is 0 Å². The molecule has 0 fully saturated rings. The van der Waals surface area contributed by atoms with Crippen LogP contribution in [0.4, 0.5) is 0 Å². The number of benzene rings is 1. The van der Waals surface area contributed by atoms with Crippen molar-refractivity contribution in [3.05, 3.63) is 41.5 Å². The number of aromatic nitrogens is 3. The van der Waals surface area contributed by atoms with Crippen LogP contribution < -0.4 is 10.1 Å². The molecular formula is C13H14N4O2. The minimum Gasteiger partial charge on any atom is -0.491 e. The zero-order chi connectivity index (χ0) is 13.2. The molecule has 1 aliphatic rings. The second-order valence-electron chi connectivity index (χ2n) is 4.33. The summed E-state index contributed by atoms with van der Waals surface area (Å²) in [4.78, 5) is 16.1. The number of nitrogens with zero attached hydrogens (tertiary/aromatic N) is 2. The molecule has 0 radical (unpaired) electrons. The summed E-state index contributed by atoms with van der Waals surface area (Å²) in [5, 5.41) is 9.50. The molecule has 6 heteroatoms. The van der Waals surface area contributed by atoms with Gasteiger partial charge in [-0.1, -0.05) is 25.1 Å². The molecule has 0 aliphatic carbocycles. The zero-order valence-corrected chi connectivity index (χ0v) is 10.5. The fourth-order valence-corrected chi connectivity index (χ4v) is 2.06. The maximum Gasteiger partial charge on any atom is 0.291 e. The van der Waals surface area contributed by atoms with Crippen LogP contribution >= 0.6 is 0 Å². The van der Waals surface area contributed by atoms with E-state index in [0.717, 1.165) is 17.7 Å². The summed E-state index contributed by atoms with van der Waals surface area (Å²) in [6.07, 6.45) is 0.718. The topological polar surface area (TPSA) is 79.9 Å². The second kappa shape index (κ2) is 4.72. The van der Waals surface area contributed by atoms with E-state index in [9.17, 15) is 4.79 Å². The van der Waals surface area contributed by atoms with E-state index in [-0.39, 0.29) is 17.8 Å². The van der Waals surface area contributed by atoms with Gasteiger partial charge in [0, 0.05) is 12.0 Å². The van der Waals surface area contributed by atoms with E-state index >= 15 is 0 Å². The average Bonchev–Trinajstić information content (AvgIpc) is 3.06. The van der Waals surface area contributed by atoms with Crippen molar-refractivity contribution in [1.82, 2.24) is 20.5 Å². The summed E-state index contributed by atoms with van der Waals surface area (Å²) in [6, 6.07) is 7.53. The van der Waals surface area contributed by atoms with Crippen LogP contribution in [0.25, 0.3) is 0 Å². The highest BCUT2D eigenvalue weighted by atomic mass is 16.5. The number of rotatable bonds is 3. The number of H-pyrrole nitrogens is 1. The lowest BCUT2D eigenvalue weighted by Crippen LogP contribution is -2.30. The number of hydrogen-bond acceptors (Lipinski definition) is 4. The van der Waals surface area contributed by atoms with E-state index in [1.807, 2.05) is 31.2 Å². The number of ether oxygens (including phenoxy) is 1. The van der Waals surface area contributed by atoms with Crippen LogP contribution in [0.5, 0.6) is 5.75 Å². The van der Waals surface area contributed by atoms with Gasteiger partial charge < -0.3 is 10.1 Å². The third-order valence-electron chi connectivity index (χ3n) is 3.07. The molecular weight excluding hydrogens is 244 g/mol. The summed E-state index contributed by atoms with van der Waals surface area (Å²) in [5.41, 5.74) is 0.988. The van der Waals surface area contributed by atoms with Crippen molar-refractivity contribution < 1.29 is 9.53 Å². The van der Waals surface area contributed by atoms with Gasteiger partial charge >= 0.3 is 0 Å². The Hall–Kier alpha value is -2.37. The minimum atomic E-state index is -0.291. The predicted molar refractivity (Wildman–Crippen MR) is 67.9 cm³/mol. The summed E-state index contributed by atoms with van der Waals surface area (Å²) < 4.78 is 5.51. The molecule has 2 heterocycles. The number of nitrogens with one attached hydrogen (secondary N) is 2. The molecule has 2 aromatic rings. The smallest absolute Gasteiger partial charge is 0.291 e. The van der Waals surface area contributed by atoms with Crippen LogP contribution in [-0.2, 0) is 6.42 Å². The lowest BCUT2D eigenvalue weighted by atomic mass is 10.1. The third-order valence-corrected chi connectivity index (χ3v) is 3.07. The van der Waals surface area contributed by atoms with Crippen LogP contribution in [0.3, 0.4) is 0 Å². The fourth-order valence-electron chi connectivity index (χ4n) is 2.06. The zero-order valence-electron chi connectivity index (χ0n) is 10.5. The number of hydrogen-bond donors (Lipinski definition) is 2. The number of carbonyl (C=O) groups is 1. The third kappa shape index (κ3) is 2.16. The minimum absolute atomic E-state index is 0.146. The van der Waals surface area contributed by atoms with Crippen molar-refractivity contribution in [3.8, 4) is 5.75 Å². The molecule has 0 saturated heterocycles. The lowest BCUT2D eigenvalue weighted by Gasteiger charge is -2.09. The van der Waals surface area contributed by atoms with Crippen molar-refractivity contribution >= 4 is 5.91 Å². The standard InChI is InChI=1S/C13H14N4O2/c1-2-11-15-12(17-16-11)13(18)14-9-7-19-10-6-4-3-5-8(9)10/h3-6,9H,2,7H2,1H3,(H,14,18)(H,15,16,17). The molecule has 0 bridgehead atoms. The van der Waals surface area contributed by atoms with Gasteiger partial charge in [-0.05, 0) is 6.07 Å². The first kappa shape index (κ1) is 11.7. The van der Waals surface area contributed by atoms with Gasteiger partial charge in [0.15, 0.2) is 0 Å². The molecule has 1 aromatic heterocycles. The van der Waals surface area contributed by atoms with Gasteiger partial charge in [-0.25, -0.2) is 4.98 Å². The van der Waals surface area contributed by atoms with Crippen molar-refractivity contribution in [2.24, 2.45) is 0 Å². The van der Waals surface area contributed by atoms with Gasteiger partial charge in [0.1, 0.15) is 18.2 Å². The van der Waals surface area contributed by atoms with Crippen LogP contribution in [0.15, 0.2) is 24.3 Å². The number of aromatic amines is 1. The number of amides is 1. The number of fused-ring (bicyclic) bond motifs is 1. The van der Waals surface area contributed by atoms with Gasteiger partial charge in [0.2, 0.25) is 5.82 Å². The first-order chi connectivity index (χ1) is 9.28. The van der Waals surface area contributed by atoms with E-state index in [1.165, 1.54) is 0 Å². The molecule has 1 aliphatic heterocycles. The fraction of sp³-hybridized carbons (Fsp3) is 0.308. The molecule has 1 aromatic carbocycles. The molecule has 1 unspecified atom stereocenters. The van der Waals surface area contributed by atoms with Gasteiger partial charge in [0.05, 0.1) is 6.04 Å². The van der Waals surface area contributed by atoms with Crippen LogP contribution in [-0.4, -0.2) is 27.7 Å². The highest BCUT2D eigenvalue weighted by Gasteiger charge is 2.26. The molecule has 2 N–H and O–H groups in total. The van der Waals surface area contributed by atoms with E-state index in [0.29, 0.717) is 12.4 Å². The Morgan fingerprint density at radius 3 is 3.16 bits per heavy atom. The average molecular weight is 258 g/mol. The Labute approximate surface area is 110 Å². The number of carbonyl (C=O) groups excluding carboxylic acids is 1. The van der Waals surface area contributed by atoms with Crippen LogP contribution in [0, 0.1) is 0 Å². The Morgan fingerprint density at radius 2 is 2.37 bits per heavy atom. The quantitative estimate of drug-likeness (QED) is 0.867. The SMILES string of the molecule is CCc1nc(C(=O)NC2COc3ccccc32)n[nH]1. The van der Waals surface area contributed by atoms with Crippen LogP contribution in [0.1, 0.15) is 35.0 Å². The maximum absolute atomic E-state index is 12.0. The number of aryl methyl sites for hydroxylation is 1. The first-order valence-corrected chi connectivity index (χ1v) is 6.21. The van der Waals surface area contributed by atoms with Gasteiger partial charge in [-0.3, -0.25) is 9.89 Å². The normalized spacial score (nSPS) is 16.8. The van der Waals surface area contributed by atoms with Crippen LogP contribution in [0.2, 0.25) is 0 Å². The summed E-state index contributed by atoms with van der Waals surface area (Å²) in [5.74, 6) is 1.40. The van der Waals surface area contributed by atoms with Gasteiger partial charge in [0.25, 0.3) is 5.91 Å². The van der Waals surface area contributed by atoms with Gasteiger partial charge in [-0.2, -0.15) is 0 Å². The highest BCUT2D eigenvalue weighted by Crippen LogP contribution is 2.31. The summed E-state index contributed by atoms with van der Waals surface area (Å²) in [7, 11) is 0. The summed E-state index contributed by atoms with van der Waals surface area (Å²) in [6.45, 7) is 2.39. The predicted octanol–water partition coefficient (Wildman–Crippen LogP) is 1.23. The van der Waals surface area contributed by atoms with Crippen molar-refractivity contribution in [3.63, 3.8) is 0 Å². The molecule has 0 saturated carbocycles. The Morgan fingerprint density at radius 1 is 1.53 bits per heavy atom. The highest BCUT2D eigenvalue weighted by molar-refractivity contribution is 5.90. The summed E-state index contributed by atoms with van der Waals surface area (Å²) >= 11 is 0. The largest absolute Gasteiger partial charge is 0.491 e. The maximum atomic E-state index is 12.0. The van der Waals surface area contributed by atoms with Crippen molar-refractivity contribution in [2.45, 2.75) is 19.4 Å². The van der Waals surface area contributed by atoms with Crippen molar-refractivity contribution in [2.75, 3.05) is 6.61 Å². The molecule has 98 valence electrons.